The van der Waals surface area contributed by atoms with E-state index in [1.54, 1.807) is 0 Å². The third-order valence-corrected chi connectivity index (χ3v) is 3.54. The van der Waals surface area contributed by atoms with Crippen molar-refractivity contribution < 1.29 is 4.79 Å². The summed E-state index contributed by atoms with van der Waals surface area (Å²) in [7, 11) is 0. The standard InChI is InChI=1S/C15H22O/c1-11(2)14-8-6-13(4)15(9-14)7-5-12(3)10-16/h5-6,10,14-15H,1,7-9H2,2-4H3. The van der Waals surface area contributed by atoms with E-state index in [-0.39, 0.29) is 0 Å². The van der Waals surface area contributed by atoms with Crippen molar-refractivity contribution in [2.45, 2.75) is 40.0 Å². The zero-order valence-corrected chi connectivity index (χ0v) is 10.6. The highest BCUT2D eigenvalue weighted by molar-refractivity contribution is 5.71. The fourth-order valence-corrected chi connectivity index (χ4v) is 2.18. The van der Waals surface area contributed by atoms with E-state index >= 15 is 0 Å². The Morgan fingerprint density at radius 2 is 2.25 bits per heavy atom. The Morgan fingerprint density at radius 1 is 1.56 bits per heavy atom. The first kappa shape index (κ1) is 13.0. The molecule has 0 aromatic heterocycles. The maximum Gasteiger partial charge on any atom is 0.145 e. The number of aldehydes is 1. The molecule has 1 aliphatic rings. The van der Waals surface area contributed by atoms with Crippen LogP contribution in [0.5, 0.6) is 0 Å². The molecule has 1 aliphatic carbocycles. The zero-order valence-electron chi connectivity index (χ0n) is 10.6. The van der Waals surface area contributed by atoms with Gasteiger partial charge in [-0.05, 0) is 57.4 Å². The van der Waals surface area contributed by atoms with E-state index in [0.29, 0.717) is 11.8 Å². The molecule has 0 amide bonds. The average molecular weight is 218 g/mol. The molecule has 0 N–H and O–H groups in total. The van der Waals surface area contributed by atoms with Gasteiger partial charge in [-0.3, -0.25) is 4.79 Å². The van der Waals surface area contributed by atoms with Crippen molar-refractivity contribution in [3.63, 3.8) is 0 Å². The van der Waals surface area contributed by atoms with Gasteiger partial charge in [-0.15, -0.1) is 0 Å². The van der Waals surface area contributed by atoms with Crippen LogP contribution in [0.15, 0.2) is 35.5 Å². The van der Waals surface area contributed by atoms with E-state index in [0.717, 1.165) is 24.7 Å². The summed E-state index contributed by atoms with van der Waals surface area (Å²) in [6.07, 6.45) is 8.61. The van der Waals surface area contributed by atoms with Gasteiger partial charge in [-0.2, -0.15) is 0 Å². The minimum absolute atomic E-state index is 0.588. The number of hydrogen-bond acceptors (Lipinski definition) is 1. The molecule has 16 heavy (non-hydrogen) atoms. The first-order chi connectivity index (χ1) is 7.54. The van der Waals surface area contributed by atoms with Gasteiger partial charge in [0, 0.05) is 0 Å². The van der Waals surface area contributed by atoms with Crippen LogP contribution in [0.3, 0.4) is 0 Å². The normalized spacial score (nSPS) is 26.2. The van der Waals surface area contributed by atoms with Crippen molar-refractivity contribution >= 4 is 6.29 Å². The molecule has 0 saturated heterocycles. The molecule has 1 nitrogen and oxygen atoms in total. The summed E-state index contributed by atoms with van der Waals surface area (Å²) in [4.78, 5) is 10.5. The summed E-state index contributed by atoms with van der Waals surface area (Å²) in [6.45, 7) is 10.2. The molecular weight excluding hydrogens is 196 g/mol. The van der Waals surface area contributed by atoms with Crippen molar-refractivity contribution in [3.05, 3.63) is 35.5 Å². The molecule has 0 spiro atoms. The molecule has 0 saturated carbocycles. The molecule has 2 atom stereocenters. The van der Waals surface area contributed by atoms with Gasteiger partial charge in [0.05, 0.1) is 0 Å². The summed E-state index contributed by atoms with van der Waals surface area (Å²) >= 11 is 0. The Morgan fingerprint density at radius 3 is 2.81 bits per heavy atom. The summed E-state index contributed by atoms with van der Waals surface area (Å²) < 4.78 is 0. The molecule has 1 heteroatoms. The van der Waals surface area contributed by atoms with Crippen LogP contribution in [0, 0.1) is 11.8 Å². The van der Waals surface area contributed by atoms with E-state index in [1.807, 2.05) is 6.92 Å². The van der Waals surface area contributed by atoms with Crippen molar-refractivity contribution in [3.8, 4) is 0 Å². The second-order valence-corrected chi connectivity index (χ2v) is 4.96. The smallest absolute Gasteiger partial charge is 0.145 e. The van der Waals surface area contributed by atoms with Gasteiger partial charge >= 0.3 is 0 Å². The van der Waals surface area contributed by atoms with Gasteiger partial charge in [0.1, 0.15) is 6.29 Å². The Bertz CT molecular complexity index is 333. The maximum atomic E-state index is 10.5. The first-order valence-electron chi connectivity index (χ1n) is 5.98. The summed E-state index contributed by atoms with van der Waals surface area (Å²) in [6, 6.07) is 0. The lowest BCUT2D eigenvalue weighted by molar-refractivity contribution is -0.104. The lowest BCUT2D eigenvalue weighted by Crippen LogP contribution is -2.15. The maximum absolute atomic E-state index is 10.5. The number of carbonyl (C=O) groups is 1. The molecule has 0 fully saturated rings. The van der Waals surface area contributed by atoms with Crippen LogP contribution in [0.4, 0.5) is 0 Å². The second-order valence-electron chi connectivity index (χ2n) is 4.96. The van der Waals surface area contributed by atoms with Gasteiger partial charge in [0.25, 0.3) is 0 Å². The number of rotatable bonds is 4. The Kier molecular flexibility index (Phi) is 4.72. The highest BCUT2D eigenvalue weighted by atomic mass is 16.1. The molecular formula is C15H22O. The fourth-order valence-electron chi connectivity index (χ4n) is 2.18. The highest BCUT2D eigenvalue weighted by Gasteiger charge is 2.21. The van der Waals surface area contributed by atoms with Crippen molar-refractivity contribution in [2.75, 3.05) is 0 Å². The molecule has 0 aliphatic heterocycles. The molecule has 0 radical (unpaired) electrons. The van der Waals surface area contributed by atoms with Crippen LogP contribution >= 0.6 is 0 Å². The van der Waals surface area contributed by atoms with Gasteiger partial charge in [-0.25, -0.2) is 0 Å². The molecule has 1 rings (SSSR count). The summed E-state index contributed by atoms with van der Waals surface area (Å²) in [5.41, 5.74) is 3.59. The highest BCUT2D eigenvalue weighted by Crippen LogP contribution is 2.34. The minimum Gasteiger partial charge on any atom is -0.298 e. The molecule has 0 bridgehead atoms. The largest absolute Gasteiger partial charge is 0.298 e. The third kappa shape index (κ3) is 3.48. The number of allylic oxidation sites excluding steroid dienone is 5. The van der Waals surface area contributed by atoms with E-state index in [1.165, 1.54) is 17.6 Å². The summed E-state index contributed by atoms with van der Waals surface area (Å²) in [5.74, 6) is 1.21. The average Bonchev–Trinajstić information content (AvgIpc) is 2.27. The SMILES string of the molecule is C=C(C)C1CC=C(C)C(CC=C(C)C=O)C1. The van der Waals surface area contributed by atoms with Crippen molar-refractivity contribution in [2.24, 2.45) is 11.8 Å². The van der Waals surface area contributed by atoms with Gasteiger partial charge < -0.3 is 0 Å². The lowest BCUT2D eigenvalue weighted by Gasteiger charge is -2.28. The minimum atomic E-state index is 0.588. The van der Waals surface area contributed by atoms with Crippen LogP contribution in [-0.4, -0.2) is 6.29 Å². The van der Waals surface area contributed by atoms with E-state index in [4.69, 9.17) is 0 Å². The number of hydrogen-bond donors (Lipinski definition) is 0. The van der Waals surface area contributed by atoms with Crippen LogP contribution in [0.2, 0.25) is 0 Å². The van der Waals surface area contributed by atoms with Crippen LogP contribution in [-0.2, 0) is 4.79 Å². The van der Waals surface area contributed by atoms with E-state index in [9.17, 15) is 4.79 Å². The third-order valence-electron chi connectivity index (χ3n) is 3.54. The Balaban J connectivity index is 2.65. The topological polar surface area (TPSA) is 17.1 Å². The quantitative estimate of drug-likeness (QED) is 0.395. The van der Waals surface area contributed by atoms with Gasteiger partial charge in [0.15, 0.2) is 0 Å². The molecule has 0 aromatic rings. The predicted molar refractivity (Wildman–Crippen MR) is 69.2 cm³/mol. The lowest BCUT2D eigenvalue weighted by atomic mass is 9.77. The van der Waals surface area contributed by atoms with Crippen molar-refractivity contribution in [1.82, 2.24) is 0 Å². The fraction of sp³-hybridized carbons (Fsp3) is 0.533. The summed E-state index contributed by atoms with van der Waals surface area (Å²) in [5, 5.41) is 0. The first-order valence-corrected chi connectivity index (χ1v) is 5.98. The molecule has 0 aromatic carbocycles. The van der Waals surface area contributed by atoms with Crippen molar-refractivity contribution in [1.29, 1.82) is 0 Å². The molecule has 88 valence electrons. The Labute approximate surface area is 98.9 Å². The Hall–Kier alpha value is -1.11. The van der Waals surface area contributed by atoms with E-state index in [2.05, 4.69) is 32.6 Å². The molecule has 2 unspecified atom stereocenters. The van der Waals surface area contributed by atoms with Crippen LogP contribution in [0.25, 0.3) is 0 Å². The predicted octanol–water partition coefficient (Wildman–Crippen LogP) is 4.07. The van der Waals surface area contributed by atoms with Crippen LogP contribution < -0.4 is 0 Å². The van der Waals surface area contributed by atoms with Gasteiger partial charge in [-0.1, -0.05) is 29.9 Å². The van der Waals surface area contributed by atoms with E-state index < -0.39 is 0 Å². The van der Waals surface area contributed by atoms with Crippen LogP contribution in [0.1, 0.15) is 40.0 Å². The molecule has 0 heterocycles. The zero-order chi connectivity index (χ0) is 12.1. The van der Waals surface area contributed by atoms with Gasteiger partial charge in [0.2, 0.25) is 0 Å². The monoisotopic (exact) mass is 218 g/mol. The second kappa shape index (κ2) is 5.83. The number of carbonyl (C=O) groups excluding carboxylic acids is 1.